The van der Waals surface area contributed by atoms with E-state index in [0.717, 1.165) is 18.9 Å². The highest BCUT2D eigenvalue weighted by atomic mass is 32.2. The normalized spacial score (nSPS) is 11.0. The van der Waals surface area contributed by atoms with E-state index < -0.39 is 15.8 Å². The van der Waals surface area contributed by atoms with E-state index in [2.05, 4.69) is 25.3 Å². The molecule has 3 aromatic rings. The van der Waals surface area contributed by atoms with Gasteiger partial charge in [-0.25, -0.2) is 17.8 Å². The number of sulfonamides is 1. The molecule has 3 N–H and O–H groups in total. The standard InChI is InChI=1S/C20H22FN5O3S/c1-3-11-29-15-8-6-7-14(12-15)23-20-22-13-16(21)19(25-20)24-17-9-4-5-10-18(17)26-30(2,27)28/h4-10,12-13,26H,3,11H2,1-2H3,(H2,22,23,24,25). The van der Waals surface area contributed by atoms with Crippen LogP contribution in [-0.4, -0.2) is 31.2 Å². The maximum Gasteiger partial charge on any atom is 0.229 e. The molecular weight excluding hydrogens is 409 g/mol. The second kappa shape index (κ2) is 9.40. The van der Waals surface area contributed by atoms with Gasteiger partial charge >= 0.3 is 0 Å². The van der Waals surface area contributed by atoms with E-state index in [0.29, 0.717) is 23.7 Å². The van der Waals surface area contributed by atoms with Gasteiger partial charge in [0.25, 0.3) is 0 Å². The maximum atomic E-state index is 14.3. The first-order chi connectivity index (χ1) is 14.3. The molecule has 1 aromatic heterocycles. The van der Waals surface area contributed by atoms with Crippen molar-refractivity contribution in [3.8, 4) is 5.75 Å². The number of halogens is 1. The number of rotatable bonds is 9. The molecule has 3 rings (SSSR count). The second-order valence-electron chi connectivity index (χ2n) is 6.44. The van der Waals surface area contributed by atoms with Gasteiger partial charge in [0.1, 0.15) is 5.75 Å². The van der Waals surface area contributed by atoms with Gasteiger partial charge in [-0.15, -0.1) is 0 Å². The smallest absolute Gasteiger partial charge is 0.229 e. The van der Waals surface area contributed by atoms with Crippen molar-refractivity contribution in [2.45, 2.75) is 13.3 Å². The SMILES string of the molecule is CCCOc1cccc(Nc2ncc(F)c(Nc3ccccc3NS(C)(=O)=O)n2)c1. The lowest BCUT2D eigenvalue weighted by atomic mass is 10.2. The Kier molecular flexibility index (Phi) is 6.68. The quantitative estimate of drug-likeness (QED) is 0.465. The van der Waals surface area contributed by atoms with Gasteiger partial charge in [-0.2, -0.15) is 4.98 Å². The lowest BCUT2D eigenvalue weighted by molar-refractivity contribution is 0.317. The number of anilines is 5. The minimum absolute atomic E-state index is 0.103. The van der Waals surface area contributed by atoms with Crippen molar-refractivity contribution >= 4 is 38.9 Å². The van der Waals surface area contributed by atoms with E-state index in [4.69, 9.17) is 4.74 Å². The van der Waals surface area contributed by atoms with Gasteiger partial charge in [-0.05, 0) is 30.7 Å². The van der Waals surface area contributed by atoms with Gasteiger partial charge in [0.2, 0.25) is 16.0 Å². The van der Waals surface area contributed by atoms with Crippen LogP contribution in [-0.2, 0) is 10.0 Å². The van der Waals surface area contributed by atoms with Crippen LogP contribution < -0.4 is 20.1 Å². The van der Waals surface area contributed by atoms with Crippen LogP contribution in [0.3, 0.4) is 0 Å². The molecule has 1 heterocycles. The van der Waals surface area contributed by atoms with Crippen LogP contribution in [0, 0.1) is 5.82 Å². The third-order valence-corrected chi connectivity index (χ3v) is 4.37. The third-order valence-electron chi connectivity index (χ3n) is 3.78. The van der Waals surface area contributed by atoms with Crippen molar-refractivity contribution in [1.82, 2.24) is 9.97 Å². The van der Waals surface area contributed by atoms with Crippen LogP contribution >= 0.6 is 0 Å². The van der Waals surface area contributed by atoms with Crippen molar-refractivity contribution in [2.24, 2.45) is 0 Å². The number of benzene rings is 2. The monoisotopic (exact) mass is 431 g/mol. The zero-order valence-electron chi connectivity index (χ0n) is 16.5. The molecule has 30 heavy (non-hydrogen) atoms. The molecule has 8 nitrogen and oxygen atoms in total. The van der Waals surface area contributed by atoms with Crippen LogP contribution in [0.2, 0.25) is 0 Å². The molecule has 0 saturated heterocycles. The Morgan fingerprint density at radius 1 is 1.07 bits per heavy atom. The number of ether oxygens (including phenoxy) is 1. The van der Waals surface area contributed by atoms with Crippen molar-refractivity contribution in [2.75, 3.05) is 28.2 Å². The molecule has 0 aliphatic rings. The Bertz CT molecular complexity index is 1120. The highest BCUT2D eigenvalue weighted by Crippen LogP contribution is 2.27. The van der Waals surface area contributed by atoms with Crippen LogP contribution in [0.1, 0.15) is 13.3 Å². The molecule has 0 spiro atoms. The zero-order chi connectivity index (χ0) is 21.6. The van der Waals surface area contributed by atoms with Crippen molar-refractivity contribution < 1.29 is 17.5 Å². The number of hydrogen-bond acceptors (Lipinski definition) is 7. The maximum absolute atomic E-state index is 14.3. The Morgan fingerprint density at radius 2 is 1.83 bits per heavy atom. The number of para-hydroxylation sites is 2. The first-order valence-electron chi connectivity index (χ1n) is 9.20. The summed E-state index contributed by atoms with van der Waals surface area (Å²) in [5.41, 5.74) is 1.30. The topological polar surface area (TPSA) is 105 Å². The van der Waals surface area contributed by atoms with E-state index in [9.17, 15) is 12.8 Å². The average Bonchev–Trinajstić information content (AvgIpc) is 2.69. The van der Waals surface area contributed by atoms with Gasteiger partial charge in [-0.3, -0.25) is 4.72 Å². The molecule has 0 atom stereocenters. The van der Waals surface area contributed by atoms with E-state index in [1.807, 2.05) is 25.1 Å². The van der Waals surface area contributed by atoms with Gasteiger partial charge < -0.3 is 15.4 Å². The van der Waals surface area contributed by atoms with E-state index in [1.165, 1.54) is 0 Å². The lowest BCUT2D eigenvalue weighted by Gasteiger charge is -2.13. The summed E-state index contributed by atoms with van der Waals surface area (Å²) < 4.78 is 45.4. The fourth-order valence-electron chi connectivity index (χ4n) is 2.54. The predicted octanol–water partition coefficient (Wildman–Crippen LogP) is 4.26. The Labute approximate surface area is 174 Å². The Balaban J connectivity index is 1.82. The summed E-state index contributed by atoms with van der Waals surface area (Å²) in [4.78, 5) is 8.13. The third kappa shape index (κ3) is 6.05. The summed E-state index contributed by atoms with van der Waals surface area (Å²) >= 11 is 0. The molecule has 0 aliphatic carbocycles. The zero-order valence-corrected chi connectivity index (χ0v) is 17.3. The van der Waals surface area contributed by atoms with E-state index in [-0.39, 0.29) is 17.5 Å². The molecule has 0 bridgehead atoms. The van der Waals surface area contributed by atoms with Gasteiger partial charge in [0.15, 0.2) is 11.6 Å². The first kappa shape index (κ1) is 21.3. The van der Waals surface area contributed by atoms with Crippen LogP contribution in [0.15, 0.2) is 54.7 Å². The van der Waals surface area contributed by atoms with Crippen LogP contribution in [0.4, 0.5) is 33.2 Å². The summed E-state index contributed by atoms with van der Waals surface area (Å²) in [5, 5.41) is 5.82. The number of nitrogens with zero attached hydrogens (tertiary/aromatic N) is 2. The van der Waals surface area contributed by atoms with E-state index >= 15 is 0 Å². The summed E-state index contributed by atoms with van der Waals surface area (Å²) in [6.07, 6.45) is 2.96. The Morgan fingerprint density at radius 3 is 2.57 bits per heavy atom. The Hall–Kier alpha value is -3.40. The fourth-order valence-corrected chi connectivity index (χ4v) is 3.11. The average molecular weight is 431 g/mol. The highest BCUT2D eigenvalue weighted by Gasteiger charge is 2.12. The second-order valence-corrected chi connectivity index (χ2v) is 8.18. The van der Waals surface area contributed by atoms with Gasteiger partial charge in [0.05, 0.1) is 30.4 Å². The van der Waals surface area contributed by atoms with Gasteiger partial charge in [-0.1, -0.05) is 25.1 Å². The van der Waals surface area contributed by atoms with Crippen molar-refractivity contribution in [3.63, 3.8) is 0 Å². The molecule has 0 aliphatic heterocycles. The first-order valence-corrected chi connectivity index (χ1v) is 11.1. The summed E-state index contributed by atoms with van der Waals surface area (Å²) in [7, 11) is -3.50. The van der Waals surface area contributed by atoms with Crippen LogP contribution in [0.5, 0.6) is 5.75 Å². The molecule has 0 unspecified atom stereocenters. The molecule has 0 fully saturated rings. The summed E-state index contributed by atoms with van der Waals surface area (Å²) in [6, 6.07) is 13.8. The van der Waals surface area contributed by atoms with Crippen LogP contribution in [0.25, 0.3) is 0 Å². The summed E-state index contributed by atoms with van der Waals surface area (Å²) in [6.45, 7) is 2.62. The van der Waals surface area contributed by atoms with Crippen molar-refractivity contribution in [1.29, 1.82) is 0 Å². The molecule has 0 radical (unpaired) electrons. The lowest BCUT2D eigenvalue weighted by Crippen LogP contribution is -2.11. The predicted molar refractivity (Wildman–Crippen MR) is 116 cm³/mol. The highest BCUT2D eigenvalue weighted by molar-refractivity contribution is 7.92. The molecular formula is C20H22FN5O3S. The minimum atomic E-state index is -3.50. The number of aromatic nitrogens is 2. The van der Waals surface area contributed by atoms with Crippen molar-refractivity contribution in [3.05, 3.63) is 60.5 Å². The largest absolute Gasteiger partial charge is 0.494 e. The van der Waals surface area contributed by atoms with Gasteiger partial charge in [0, 0.05) is 11.8 Å². The fraction of sp³-hybridized carbons (Fsp3) is 0.200. The summed E-state index contributed by atoms with van der Waals surface area (Å²) in [5.74, 6) is 0.0755. The molecule has 2 aromatic carbocycles. The molecule has 158 valence electrons. The molecule has 0 amide bonds. The molecule has 10 heteroatoms. The molecule has 0 saturated carbocycles. The number of hydrogen-bond donors (Lipinski definition) is 3. The number of nitrogens with one attached hydrogen (secondary N) is 3. The minimum Gasteiger partial charge on any atom is -0.494 e. The van der Waals surface area contributed by atoms with E-state index in [1.54, 1.807) is 30.3 Å².